The normalized spacial score (nSPS) is 10.2. The van der Waals surface area contributed by atoms with E-state index >= 15 is 0 Å². The zero-order valence-electron chi connectivity index (χ0n) is 11.5. The number of anilines is 1. The Morgan fingerprint density at radius 2 is 1.90 bits per heavy atom. The number of non-ortho nitro benzene ring substituents is 1. The predicted molar refractivity (Wildman–Crippen MR) is 84.7 cm³/mol. The van der Waals surface area contributed by atoms with E-state index in [4.69, 9.17) is 0 Å². The second kappa shape index (κ2) is 6.05. The lowest BCUT2D eigenvalue weighted by molar-refractivity contribution is -0.384. The minimum Gasteiger partial charge on any atom is -0.322 e. The summed E-state index contributed by atoms with van der Waals surface area (Å²) in [6.07, 6.45) is 0. The predicted octanol–water partition coefficient (Wildman–Crippen LogP) is 4.23. The van der Waals surface area contributed by atoms with Crippen molar-refractivity contribution in [2.45, 2.75) is 13.8 Å². The number of nitrogens with one attached hydrogen (secondary N) is 1. The highest BCUT2D eigenvalue weighted by Crippen LogP contribution is 2.22. The number of carbonyl (C=O) groups is 1. The quantitative estimate of drug-likeness (QED) is 0.666. The number of benzene rings is 2. The minimum absolute atomic E-state index is 0.0924. The minimum atomic E-state index is -0.508. The van der Waals surface area contributed by atoms with Gasteiger partial charge in [-0.2, -0.15) is 0 Å². The van der Waals surface area contributed by atoms with Gasteiger partial charge in [0.05, 0.1) is 4.92 Å². The highest BCUT2D eigenvalue weighted by Gasteiger charge is 2.13. The van der Waals surface area contributed by atoms with Crippen LogP contribution in [-0.4, -0.2) is 10.8 Å². The van der Waals surface area contributed by atoms with Crippen molar-refractivity contribution < 1.29 is 9.72 Å². The second-order valence-electron chi connectivity index (χ2n) is 4.73. The maximum Gasteiger partial charge on any atom is 0.270 e. The van der Waals surface area contributed by atoms with Gasteiger partial charge < -0.3 is 5.32 Å². The molecule has 0 heterocycles. The molecule has 0 unspecified atom stereocenters. The lowest BCUT2D eigenvalue weighted by atomic mass is 10.1. The van der Waals surface area contributed by atoms with Crippen molar-refractivity contribution >= 4 is 33.2 Å². The van der Waals surface area contributed by atoms with Gasteiger partial charge in [0, 0.05) is 27.9 Å². The van der Waals surface area contributed by atoms with E-state index in [1.165, 1.54) is 12.1 Å². The van der Waals surface area contributed by atoms with E-state index in [0.717, 1.165) is 10.0 Å². The zero-order chi connectivity index (χ0) is 15.6. The average Bonchev–Trinajstić information content (AvgIpc) is 2.42. The van der Waals surface area contributed by atoms with Crippen LogP contribution in [0.3, 0.4) is 0 Å². The molecule has 0 radical (unpaired) electrons. The molecule has 1 amide bonds. The third-order valence-corrected chi connectivity index (χ3v) is 3.82. The van der Waals surface area contributed by atoms with Crippen molar-refractivity contribution in [1.29, 1.82) is 0 Å². The topological polar surface area (TPSA) is 72.2 Å². The zero-order valence-corrected chi connectivity index (χ0v) is 13.1. The van der Waals surface area contributed by atoms with Crippen molar-refractivity contribution in [2.75, 3.05) is 5.32 Å². The molecule has 1 N–H and O–H groups in total. The van der Waals surface area contributed by atoms with E-state index in [-0.39, 0.29) is 17.2 Å². The fourth-order valence-electron chi connectivity index (χ4n) is 1.87. The summed E-state index contributed by atoms with van der Waals surface area (Å²) in [7, 11) is 0. The first kappa shape index (κ1) is 15.2. The fourth-order valence-corrected chi connectivity index (χ4v) is 2.25. The van der Waals surface area contributed by atoms with E-state index in [1.54, 1.807) is 25.1 Å². The molecule has 2 rings (SSSR count). The molecule has 5 nitrogen and oxygen atoms in total. The SMILES string of the molecule is Cc1cc(C(=O)Nc2ccc(C)c(Br)c2)cc([N+](=O)[O-])c1. The molecule has 0 aliphatic heterocycles. The summed E-state index contributed by atoms with van der Waals surface area (Å²) >= 11 is 3.39. The lowest BCUT2D eigenvalue weighted by Gasteiger charge is -2.07. The van der Waals surface area contributed by atoms with Crippen LogP contribution in [0.5, 0.6) is 0 Å². The number of nitrogens with zero attached hydrogens (tertiary/aromatic N) is 1. The molecule has 2 aromatic rings. The first-order chi connectivity index (χ1) is 9.86. The number of hydrogen-bond acceptors (Lipinski definition) is 3. The van der Waals surface area contributed by atoms with E-state index in [2.05, 4.69) is 21.2 Å². The summed E-state index contributed by atoms with van der Waals surface area (Å²) in [5.41, 5.74) is 2.52. The number of nitro benzene ring substituents is 1. The molecule has 0 aliphatic carbocycles. The van der Waals surface area contributed by atoms with Gasteiger partial charge in [0.1, 0.15) is 0 Å². The molecule has 0 aliphatic rings. The van der Waals surface area contributed by atoms with Crippen LogP contribution in [0.4, 0.5) is 11.4 Å². The average molecular weight is 349 g/mol. The Bertz CT molecular complexity index is 729. The Balaban J connectivity index is 2.27. The van der Waals surface area contributed by atoms with Gasteiger partial charge in [-0.3, -0.25) is 14.9 Å². The number of aryl methyl sites for hydroxylation is 2. The number of hydrogen-bond donors (Lipinski definition) is 1. The standard InChI is InChI=1S/C15H13BrN2O3/c1-9-5-11(7-13(6-9)18(20)21)15(19)17-12-4-3-10(2)14(16)8-12/h3-8H,1-2H3,(H,17,19). The summed E-state index contributed by atoms with van der Waals surface area (Å²) < 4.78 is 0.885. The first-order valence-corrected chi connectivity index (χ1v) is 6.99. The van der Waals surface area contributed by atoms with Gasteiger partial charge in [0.15, 0.2) is 0 Å². The van der Waals surface area contributed by atoms with E-state index in [9.17, 15) is 14.9 Å². The Hall–Kier alpha value is -2.21. The van der Waals surface area contributed by atoms with Gasteiger partial charge in [-0.15, -0.1) is 0 Å². The highest BCUT2D eigenvalue weighted by atomic mass is 79.9. The smallest absolute Gasteiger partial charge is 0.270 e. The number of nitro groups is 1. The first-order valence-electron chi connectivity index (χ1n) is 6.20. The van der Waals surface area contributed by atoms with Crippen molar-refractivity contribution in [2.24, 2.45) is 0 Å². The van der Waals surface area contributed by atoms with Crippen LogP contribution in [0.1, 0.15) is 21.5 Å². The number of carbonyl (C=O) groups excluding carboxylic acids is 1. The van der Waals surface area contributed by atoms with Crippen LogP contribution in [-0.2, 0) is 0 Å². The second-order valence-corrected chi connectivity index (χ2v) is 5.59. The van der Waals surface area contributed by atoms with Crippen LogP contribution in [0.2, 0.25) is 0 Å². The summed E-state index contributed by atoms with van der Waals surface area (Å²) in [6.45, 7) is 3.66. The molecule has 0 atom stereocenters. The van der Waals surface area contributed by atoms with Gasteiger partial charge in [-0.05, 0) is 43.2 Å². The largest absolute Gasteiger partial charge is 0.322 e. The lowest BCUT2D eigenvalue weighted by Crippen LogP contribution is -2.12. The highest BCUT2D eigenvalue weighted by molar-refractivity contribution is 9.10. The van der Waals surface area contributed by atoms with E-state index in [1.807, 2.05) is 13.0 Å². The van der Waals surface area contributed by atoms with E-state index < -0.39 is 4.92 Å². The molecule has 0 saturated carbocycles. The van der Waals surface area contributed by atoms with Gasteiger partial charge >= 0.3 is 0 Å². The molecule has 6 heteroatoms. The summed E-state index contributed by atoms with van der Waals surface area (Å²) in [4.78, 5) is 22.5. The Kier molecular flexibility index (Phi) is 4.37. The molecule has 0 aromatic heterocycles. The molecule has 0 fully saturated rings. The Morgan fingerprint density at radius 3 is 2.52 bits per heavy atom. The van der Waals surface area contributed by atoms with Crippen molar-refractivity contribution in [1.82, 2.24) is 0 Å². The van der Waals surface area contributed by atoms with Crippen LogP contribution < -0.4 is 5.32 Å². The number of rotatable bonds is 3. The van der Waals surface area contributed by atoms with Crippen LogP contribution in [0.25, 0.3) is 0 Å². The molecular formula is C15H13BrN2O3. The summed E-state index contributed by atoms with van der Waals surface area (Å²) in [6, 6.07) is 9.76. The van der Waals surface area contributed by atoms with Gasteiger partial charge in [0.25, 0.3) is 11.6 Å². The van der Waals surface area contributed by atoms with Gasteiger partial charge in [0.2, 0.25) is 0 Å². The Labute approximate surface area is 130 Å². The molecule has 0 spiro atoms. The third-order valence-electron chi connectivity index (χ3n) is 2.96. The molecule has 0 bridgehead atoms. The number of halogens is 1. The van der Waals surface area contributed by atoms with Crippen LogP contribution in [0, 0.1) is 24.0 Å². The maximum atomic E-state index is 12.2. The molecule has 21 heavy (non-hydrogen) atoms. The molecule has 108 valence electrons. The van der Waals surface area contributed by atoms with E-state index in [0.29, 0.717) is 11.3 Å². The maximum absolute atomic E-state index is 12.2. The fraction of sp³-hybridized carbons (Fsp3) is 0.133. The van der Waals surface area contributed by atoms with Crippen LogP contribution in [0.15, 0.2) is 40.9 Å². The summed E-state index contributed by atoms with van der Waals surface area (Å²) in [5.74, 6) is -0.377. The molecular weight excluding hydrogens is 336 g/mol. The van der Waals surface area contributed by atoms with Crippen molar-refractivity contribution in [3.8, 4) is 0 Å². The molecule has 0 saturated heterocycles. The van der Waals surface area contributed by atoms with Crippen LogP contribution >= 0.6 is 15.9 Å². The van der Waals surface area contributed by atoms with Crippen molar-refractivity contribution in [3.63, 3.8) is 0 Å². The monoisotopic (exact) mass is 348 g/mol. The van der Waals surface area contributed by atoms with Crippen molar-refractivity contribution in [3.05, 3.63) is 67.7 Å². The molecule has 2 aromatic carbocycles. The van der Waals surface area contributed by atoms with Gasteiger partial charge in [-0.1, -0.05) is 22.0 Å². The third kappa shape index (κ3) is 3.66. The summed E-state index contributed by atoms with van der Waals surface area (Å²) in [5, 5.41) is 13.6. The number of amides is 1. The van der Waals surface area contributed by atoms with Gasteiger partial charge in [-0.25, -0.2) is 0 Å². The Morgan fingerprint density at radius 1 is 1.19 bits per heavy atom.